The van der Waals surface area contributed by atoms with Crippen LogP contribution in [0.15, 0.2) is 39.9 Å². The number of hydrogen-bond donors (Lipinski definition) is 4. The van der Waals surface area contributed by atoms with Gasteiger partial charge in [0.1, 0.15) is 11.3 Å². The van der Waals surface area contributed by atoms with E-state index in [2.05, 4.69) is 22.1 Å². The van der Waals surface area contributed by atoms with Crippen molar-refractivity contribution >= 4 is 17.5 Å². The van der Waals surface area contributed by atoms with Gasteiger partial charge in [-0.2, -0.15) is 0 Å². The van der Waals surface area contributed by atoms with Crippen molar-refractivity contribution in [3.05, 3.63) is 67.4 Å². The third-order valence-corrected chi connectivity index (χ3v) is 4.57. The van der Waals surface area contributed by atoms with E-state index in [0.29, 0.717) is 29.8 Å². The molecule has 1 heterocycles. The molecule has 0 radical (unpaired) electrons. The van der Waals surface area contributed by atoms with Gasteiger partial charge in [-0.3, -0.25) is 14.6 Å². The predicted molar refractivity (Wildman–Crippen MR) is 101 cm³/mol. The Morgan fingerprint density at radius 1 is 1.30 bits per heavy atom. The molecule has 4 N–H and O–H groups in total. The monoisotopic (exact) mass is 387 g/mol. The van der Waals surface area contributed by atoms with Gasteiger partial charge in [0, 0.05) is 29.1 Å². The number of nitrogens with one attached hydrogen (secondary N) is 3. The molecule has 1 saturated carbocycles. The van der Waals surface area contributed by atoms with Crippen molar-refractivity contribution in [2.24, 2.45) is 0 Å². The number of aliphatic hydroxyl groups is 1. The zero-order valence-corrected chi connectivity index (χ0v) is 15.1. The second-order valence-corrected chi connectivity index (χ2v) is 7.00. The Bertz CT molecular complexity index is 1000. The maximum atomic E-state index is 12.3. The van der Waals surface area contributed by atoms with Crippen LogP contribution in [0.4, 0.5) is 0 Å². The molecule has 3 rings (SSSR count). The topological polar surface area (TPSA) is 115 Å². The normalized spacial score (nSPS) is 21.8. The number of rotatable bonds is 2. The second kappa shape index (κ2) is 7.82. The van der Waals surface area contributed by atoms with E-state index >= 15 is 0 Å². The van der Waals surface area contributed by atoms with E-state index in [9.17, 15) is 19.5 Å². The van der Waals surface area contributed by atoms with E-state index in [1.165, 1.54) is 0 Å². The predicted octanol–water partition coefficient (Wildman–Crippen LogP) is 1.17. The molecule has 140 valence electrons. The summed E-state index contributed by atoms with van der Waals surface area (Å²) < 4.78 is 0. The molecule has 1 aromatic carbocycles. The molecule has 0 aliphatic heterocycles. The third-order valence-electron chi connectivity index (χ3n) is 4.33. The summed E-state index contributed by atoms with van der Waals surface area (Å²) >= 11 is 5.93. The van der Waals surface area contributed by atoms with Gasteiger partial charge in [0.15, 0.2) is 0 Å². The highest BCUT2D eigenvalue weighted by Crippen LogP contribution is 2.28. The van der Waals surface area contributed by atoms with Crippen LogP contribution in [0.3, 0.4) is 0 Å². The zero-order valence-electron chi connectivity index (χ0n) is 14.3. The van der Waals surface area contributed by atoms with Crippen LogP contribution in [0.2, 0.25) is 5.02 Å². The Kier molecular flexibility index (Phi) is 5.49. The van der Waals surface area contributed by atoms with Crippen molar-refractivity contribution in [2.75, 3.05) is 0 Å². The largest absolute Gasteiger partial charge is 0.378 e. The first-order valence-electron chi connectivity index (χ1n) is 8.49. The van der Waals surface area contributed by atoms with Gasteiger partial charge in [-0.1, -0.05) is 29.5 Å². The summed E-state index contributed by atoms with van der Waals surface area (Å²) in [4.78, 5) is 39.2. The Morgan fingerprint density at radius 3 is 2.85 bits per heavy atom. The van der Waals surface area contributed by atoms with E-state index in [0.717, 1.165) is 6.07 Å². The minimum absolute atomic E-state index is 0.122. The molecule has 1 aliphatic rings. The van der Waals surface area contributed by atoms with E-state index in [-0.39, 0.29) is 18.2 Å². The molecule has 2 atom stereocenters. The summed E-state index contributed by atoms with van der Waals surface area (Å²) in [7, 11) is 0. The molecule has 1 fully saturated rings. The number of carbonyl (C=O) groups is 1. The molecule has 0 unspecified atom stereocenters. The Balaban J connectivity index is 1.71. The summed E-state index contributed by atoms with van der Waals surface area (Å²) in [6.07, 6.45) is 2.09. The number of halogens is 1. The van der Waals surface area contributed by atoms with Gasteiger partial charge in [-0.25, -0.2) is 4.79 Å². The van der Waals surface area contributed by atoms with Crippen LogP contribution in [-0.2, 0) is 0 Å². The van der Waals surface area contributed by atoms with Crippen LogP contribution in [0.25, 0.3) is 0 Å². The smallest absolute Gasteiger partial charge is 0.326 e. The minimum atomic E-state index is -1.24. The first kappa shape index (κ1) is 19.0. The van der Waals surface area contributed by atoms with Gasteiger partial charge < -0.3 is 15.4 Å². The van der Waals surface area contributed by atoms with Crippen LogP contribution < -0.4 is 16.6 Å². The van der Waals surface area contributed by atoms with Crippen LogP contribution in [0.5, 0.6) is 0 Å². The summed E-state index contributed by atoms with van der Waals surface area (Å²) in [5.41, 5.74) is -2.07. The average molecular weight is 388 g/mol. The SMILES string of the molecule is O=C(N[C@H]1CCC[C@@](O)(C#Cc2cccc(Cl)c2)C1)c1cc(=O)[nH]c(=O)[nH]1. The maximum absolute atomic E-state index is 12.3. The average Bonchev–Trinajstić information content (AvgIpc) is 2.59. The Hall–Kier alpha value is -2.82. The third kappa shape index (κ3) is 5.09. The lowest BCUT2D eigenvalue weighted by Crippen LogP contribution is -2.45. The van der Waals surface area contributed by atoms with Crippen molar-refractivity contribution in [3.8, 4) is 11.8 Å². The fraction of sp³-hybridized carbons (Fsp3) is 0.316. The molecule has 1 aromatic heterocycles. The maximum Gasteiger partial charge on any atom is 0.326 e. The van der Waals surface area contributed by atoms with Crippen LogP contribution in [-0.4, -0.2) is 32.6 Å². The van der Waals surface area contributed by atoms with Crippen LogP contribution in [0.1, 0.15) is 41.7 Å². The Labute approximate surface area is 159 Å². The molecule has 0 spiro atoms. The second-order valence-electron chi connectivity index (χ2n) is 6.56. The molecule has 1 aliphatic carbocycles. The molecule has 1 amide bonds. The summed E-state index contributed by atoms with van der Waals surface area (Å²) in [6, 6.07) is 7.73. The van der Waals surface area contributed by atoms with Gasteiger partial charge >= 0.3 is 5.69 Å². The number of H-pyrrole nitrogens is 2. The fourth-order valence-electron chi connectivity index (χ4n) is 3.10. The quantitative estimate of drug-likeness (QED) is 0.579. The van der Waals surface area contributed by atoms with Crippen molar-refractivity contribution in [1.82, 2.24) is 15.3 Å². The molecule has 2 aromatic rings. The minimum Gasteiger partial charge on any atom is -0.378 e. The summed E-state index contributed by atoms with van der Waals surface area (Å²) in [5, 5.41) is 14.1. The number of hydrogen-bond acceptors (Lipinski definition) is 4. The molecule has 7 nitrogen and oxygen atoms in total. The summed E-state index contributed by atoms with van der Waals surface area (Å²) in [6.45, 7) is 0. The van der Waals surface area contributed by atoms with Crippen molar-refractivity contribution < 1.29 is 9.90 Å². The summed E-state index contributed by atoms with van der Waals surface area (Å²) in [5.74, 6) is 5.24. The lowest BCUT2D eigenvalue weighted by atomic mass is 9.82. The molecular weight excluding hydrogens is 370 g/mol. The Morgan fingerprint density at radius 2 is 2.11 bits per heavy atom. The number of aromatic amines is 2. The van der Waals surface area contributed by atoms with Gasteiger partial charge in [0.05, 0.1) is 0 Å². The van der Waals surface area contributed by atoms with Crippen molar-refractivity contribution in [3.63, 3.8) is 0 Å². The van der Waals surface area contributed by atoms with E-state index in [1.54, 1.807) is 24.3 Å². The first-order chi connectivity index (χ1) is 12.8. The number of amides is 1. The van der Waals surface area contributed by atoms with Crippen LogP contribution >= 0.6 is 11.6 Å². The highest BCUT2D eigenvalue weighted by Gasteiger charge is 2.33. The molecule has 8 heteroatoms. The van der Waals surface area contributed by atoms with E-state index < -0.39 is 22.8 Å². The number of benzene rings is 1. The zero-order chi connectivity index (χ0) is 19.4. The van der Waals surface area contributed by atoms with E-state index in [4.69, 9.17) is 11.6 Å². The number of carbonyl (C=O) groups excluding carboxylic acids is 1. The molecular formula is C19H18ClN3O4. The van der Waals surface area contributed by atoms with Gasteiger partial charge in [0.2, 0.25) is 0 Å². The first-order valence-corrected chi connectivity index (χ1v) is 8.86. The van der Waals surface area contributed by atoms with Crippen molar-refractivity contribution in [1.29, 1.82) is 0 Å². The van der Waals surface area contributed by atoms with Gasteiger partial charge in [-0.15, -0.1) is 0 Å². The lowest BCUT2D eigenvalue weighted by Gasteiger charge is -2.33. The highest BCUT2D eigenvalue weighted by molar-refractivity contribution is 6.30. The standard InChI is InChI=1S/C19H18ClN3O4/c20-13-4-1-3-12(9-13)6-8-19(27)7-2-5-14(11-19)21-17(25)15-10-16(24)23-18(26)22-15/h1,3-4,9-10,14,27H,2,5,7,11H2,(H,21,25)(H2,22,23,24,26)/t14-,19+/m0/s1. The fourth-order valence-corrected chi connectivity index (χ4v) is 3.29. The molecule has 0 bridgehead atoms. The molecule has 27 heavy (non-hydrogen) atoms. The van der Waals surface area contributed by atoms with Gasteiger partial charge in [0.25, 0.3) is 11.5 Å². The van der Waals surface area contributed by atoms with E-state index in [1.807, 2.05) is 4.98 Å². The van der Waals surface area contributed by atoms with Crippen molar-refractivity contribution in [2.45, 2.75) is 37.3 Å². The highest BCUT2D eigenvalue weighted by atomic mass is 35.5. The van der Waals surface area contributed by atoms with Gasteiger partial charge in [-0.05, 0) is 37.5 Å². The lowest BCUT2D eigenvalue weighted by molar-refractivity contribution is 0.0451. The molecule has 0 saturated heterocycles. The van der Waals surface area contributed by atoms with Crippen LogP contribution in [0, 0.1) is 11.8 Å². The number of aromatic nitrogens is 2.